The average Bonchev–Trinajstić information content (AvgIpc) is 3.44. The molecule has 2 atom stereocenters. The summed E-state index contributed by atoms with van der Waals surface area (Å²) in [5.41, 5.74) is 1.41. The molecule has 28 heavy (non-hydrogen) atoms. The van der Waals surface area contributed by atoms with Crippen LogP contribution in [0.25, 0.3) is 0 Å². The van der Waals surface area contributed by atoms with Gasteiger partial charge in [0, 0.05) is 31.5 Å². The van der Waals surface area contributed by atoms with Crippen molar-refractivity contribution in [3.05, 3.63) is 36.7 Å². The molecule has 2 unspecified atom stereocenters. The van der Waals surface area contributed by atoms with Gasteiger partial charge >= 0.3 is 0 Å². The fourth-order valence-electron chi connectivity index (χ4n) is 3.66. The fourth-order valence-corrected chi connectivity index (χ4v) is 3.66. The van der Waals surface area contributed by atoms with Gasteiger partial charge in [-0.05, 0) is 37.1 Å². The van der Waals surface area contributed by atoms with Gasteiger partial charge < -0.3 is 19.7 Å². The Kier molecular flexibility index (Phi) is 5.29. The summed E-state index contributed by atoms with van der Waals surface area (Å²) >= 11 is 0. The number of amides is 2. The number of hydrogen-bond acceptors (Lipinski definition) is 5. The molecule has 1 aromatic heterocycles. The molecule has 1 N–H and O–H groups in total. The zero-order chi connectivity index (χ0) is 19.5. The standard InChI is InChI=1S/C20H24N4O4/c1-27-17-6-4-16(5-7-17)24-11-14(9-19(24)25)20(26)22-15-10-21-23(12-15)13-18-3-2-8-28-18/h4-7,10,12,14,18H,2-3,8-9,11,13H2,1H3,(H,22,26). The van der Waals surface area contributed by atoms with Gasteiger partial charge in [0.05, 0.1) is 37.6 Å². The highest BCUT2D eigenvalue weighted by Gasteiger charge is 2.35. The molecule has 148 valence electrons. The SMILES string of the molecule is COc1ccc(N2CC(C(=O)Nc3cnn(CC4CCCO4)c3)CC2=O)cc1. The summed E-state index contributed by atoms with van der Waals surface area (Å²) in [5, 5.41) is 7.16. The van der Waals surface area contributed by atoms with Crippen LogP contribution >= 0.6 is 0 Å². The summed E-state index contributed by atoms with van der Waals surface area (Å²) in [4.78, 5) is 26.6. The third-order valence-electron chi connectivity index (χ3n) is 5.20. The van der Waals surface area contributed by atoms with Gasteiger partial charge in [-0.25, -0.2) is 0 Å². The molecule has 4 rings (SSSR count). The smallest absolute Gasteiger partial charge is 0.229 e. The topological polar surface area (TPSA) is 85.7 Å². The Morgan fingerprint density at radius 1 is 1.36 bits per heavy atom. The van der Waals surface area contributed by atoms with Crippen molar-refractivity contribution in [3.63, 3.8) is 0 Å². The van der Waals surface area contributed by atoms with E-state index in [-0.39, 0.29) is 24.3 Å². The van der Waals surface area contributed by atoms with E-state index >= 15 is 0 Å². The van der Waals surface area contributed by atoms with E-state index in [0.29, 0.717) is 18.8 Å². The number of anilines is 2. The van der Waals surface area contributed by atoms with E-state index in [0.717, 1.165) is 30.9 Å². The first kappa shape index (κ1) is 18.5. The minimum Gasteiger partial charge on any atom is -0.497 e. The highest BCUT2D eigenvalue weighted by Crippen LogP contribution is 2.27. The van der Waals surface area contributed by atoms with E-state index in [4.69, 9.17) is 9.47 Å². The molecule has 0 bridgehead atoms. The Hall–Kier alpha value is -2.87. The molecule has 8 nitrogen and oxygen atoms in total. The quantitative estimate of drug-likeness (QED) is 0.824. The molecular formula is C20H24N4O4. The lowest BCUT2D eigenvalue weighted by molar-refractivity contribution is -0.122. The molecule has 2 saturated heterocycles. The van der Waals surface area contributed by atoms with E-state index < -0.39 is 5.92 Å². The summed E-state index contributed by atoms with van der Waals surface area (Å²) in [6.45, 7) is 1.85. The molecule has 2 aliphatic rings. The van der Waals surface area contributed by atoms with E-state index in [2.05, 4.69) is 10.4 Å². The number of aromatic nitrogens is 2. The van der Waals surface area contributed by atoms with Crippen LogP contribution in [0.15, 0.2) is 36.7 Å². The number of methoxy groups -OCH3 is 1. The van der Waals surface area contributed by atoms with Crippen LogP contribution in [-0.4, -0.2) is 48.0 Å². The van der Waals surface area contributed by atoms with Crippen molar-refractivity contribution in [2.75, 3.05) is 30.5 Å². The first-order valence-corrected chi connectivity index (χ1v) is 9.52. The summed E-state index contributed by atoms with van der Waals surface area (Å²) in [6.07, 6.45) is 5.93. The third kappa shape index (κ3) is 4.01. The largest absolute Gasteiger partial charge is 0.497 e. The minimum absolute atomic E-state index is 0.0561. The molecule has 2 aliphatic heterocycles. The Morgan fingerprint density at radius 3 is 2.89 bits per heavy atom. The number of nitrogens with one attached hydrogen (secondary N) is 1. The van der Waals surface area contributed by atoms with Gasteiger partial charge in [-0.15, -0.1) is 0 Å². The number of rotatable bonds is 6. The zero-order valence-corrected chi connectivity index (χ0v) is 15.8. The van der Waals surface area contributed by atoms with Crippen molar-refractivity contribution in [2.24, 2.45) is 5.92 Å². The maximum absolute atomic E-state index is 12.6. The molecule has 0 saturated carbocycles. The van der Waals surface area contributed by atoms with Crippen LogP contribution < -0.4 is 15.0 Å². The van der Waals surface area contributed by atoms with Crippen molar-refractivity contribution >= 4 is 23.2 Å². The number of carbonyl (C=O) groups excluding carboxylic acids is 2. The molecule has 8 heteroatoms. The van der Waals surface area contributed by atoms with Crippen molar-refractivity contribution in [1.82, 2.24) is 9.78 Å². The second kappa shape index (κ2) is 8.02. The van der Waals surface area contributed by atoms with Crippen LogP contribution in [0.4, 0.5) is 11.4 Å². The van der Waals surface area contributed by atoms with Gasteiger partial charge in [-0.2, -0.15) is 5.10 Å². The van der Waals surface area contributed by atoms with Gasteiger partial charge in [0.25, 0.3) is 0 Å². The van der Waals surface area contributed by atoms with Gasteiger partial charge in [0.15, 0.2) is 0 Å². The highest BCUT2D eigenvalue weighted by molar-refractivity contribution is 6.03. The van der Waals surface area contributed by atoms with E-state index in [1.165, 1.54) is 0 Å². The van der Waals surface area contributed by atoms with Crippen LogP contribution in [0.1, 0.15) is 19.3 Å². The van der Waals surface area contributed by atoms with Crippen LogP contribution in [0.3, 0.4) is 0 Å². The Morgan fingerprint density at radius 2 is 2.18 bits per heavy atom. The summed E-state index contributed by atoms with van der Waals surface area (Å²) in [7, 11) is 1.60. The molecule has 1 aromatic carbocycles. The number of carbonyl (C=O) groups is 2. The van der Waals surface area contributed by atoms with E-state index in [1.807, 2.05) is 12.1 Å². The molecular weight excluding hydrogens is 360 g/mol. The third-order valence-corrected chi connectivity index (χ3v) is 5.20. The molecule has 0 radical (unpaired) electrons. The first-order chi connectivity index (χ1) is 13.6. The number of ether oxygens (including phenoxy) is 2. The lowest BCUT2D eigenvalue weighted by Gasteiger charge is -2.17. The maximum Gasteiger partial charge on any atom is 0.229 e. The van der Waals surface area contributed by atoms with E-state index in [1.54, 1.807) is 41.2 Å². The average molecular weight is 384 g/mol. The number of benzene rings is 1. The zero-order valence-electron chi connectivity index (χ0n) is 15.8. The Balaban J connectivity index is 1.34. The maximum atomic E-state index is 12.6. The van der Waals surface area contributed by atoms with Gasteiger partial charge in [0.1, 0.15) is 5.75 Å². The van der Waals surface area contributed by atoms with Crippen LogP contribution in [-0.2, 0) is 20.9 Å². The molecule has 0 aliphatic carbocycles. The molecule has 2 amide bonds. The Bertz CT molecular complexity index is 842. The monoisotopic (exact) mass is 384 g/mol. The first-order valence-electron chi connectivity index (χ1n) is 9.52. The van der Waals surface area contributed by atoms with Crippen molar-refractivity contribution in [3.8, 4) is 5.75 Å². The van der Waals surface area contributed by atoms with Gasteiger partial charge in [0.2, 0.25) is 11.8 Å². The summed E-state index contributed by atoms with van der Waals surface area (Å²) < 4.78 is 12.5. The second-order valence-electron chi connectivity index (χ2n) is 7.18. The Labute approximate surface area is 163 Å². The predicted molar refractivity (Wildman–Crippen MR) is 103 cm³/mol. The normalized spacial score (nSPS) is 21.9. The van der Waals surface area contributed by atoms with Crippen LogP contribution in [0.5, 0.6) is 5.75 Å². The minimum atomic E-state index is -0.392. The van der Waals surface area contributed by atoms with Crippen molar-refractivity contribution in [2.45, 2.75) is 31.9 Å². The van der Waals surface area contributed by atoms with Crippen LogP contribution in [0, 0.1) is 5.92 Å². The van der Waals surface area contributed by atoms with Crippen molar-refractivity contribution < 1.29 is 19.1 Å². The number of hydrogen-bond donors (Lipinski definition) is 1. The van der Waals surface area contributed by atoms with Crippen LogP contribution in [0.2, 0.25) is 0 Å². The molecule has 2 fully saturated rings. The molecule has 0 spiro atoms. The van der Waals surface area contributed by atoms with E-state index in [9.17, 15) is 9.59 Å². The fraction of sp³-hybridized carbons (Fsp3) is 0.450. The molecule has 3 heterocycles. The second-order valence-corrected chi connectivity index (χ2v) is 7.18. The predicted octanol–water partition coefficient (Wildman–Crippen LogP) is 2.06. The van der Waals surface area contributed by atoms with Gasteiger partial charge in [-0.3, -0.25) is 14.3 Å². The lowest BCUT2D eigenvalue weighted by atomic mass is 10.1. The lowest BCUT2D eigenvalue weighted by Crippen LogP contribution is -2.28. The van der Waals surface area contributed by atoms with Gasteiger partial charge in [-0.1, -0.05) is 0 Å². The van der Waals surface area contributed by atoms with Crippen molar-refractivity contribution in [1.29, 1.82) is 0 Å². The molecule has 2 aromatic rings. The summed E-state index contributed by atoms with van der Waals surface area (Å²) in [6, 6.07) is 7.26. The number of nitrogens with zero attached hydrogens (tertiary/aromatic N) is 3. The summed E-state index contributed by atoms with van der Waals surface area (Å²) in [5.74, 6) is 0.112. The highest BCUT2D eigenvalue weighted by atomic mass is 16.5.